The van der Waals surface area contributed by atoms with E-state index in [4.69, 9.17) is 4.74 Å². The minimum Gasteiger partial charge on any atom is -0.376 e. The molecule has 1 aliphatic heterocycles. The summed E-state index contributed by atoms with van der Waals surface area (Å²) >= 11 is 0. The highest BCUT2D eigenvalue weighted by Crippen LogP contribution is 2.53. The third kappa shape index (κ3) is 2.68. The van der Waals surface area contributed by atoms with Gasteiger partial charge in [0.15, 0.2) is 0 Å². The van der Waals surface area contributed by atoms with Gasteiger partial charge in [-0.15, -0.1) is 0 Å². The number of hydrogen-bond donors (Lipinski definition) is 1. The molecule has 3 atom stereocenters. The molecule has 1 spiro atoms. The highest BCUT2D eigenvalue weighted by Gasteiger charge is 2.48. The van der Waals surface area contributed by atoms with Gasteiger partial charge >= 0.3 is 0 Å². The fourth-order valence-electron chi connectivity index (χ4n) is 4.67. The lowest BCUT2D eigenvalue weighted by Crippen LogP contribution is -2.47. The number of benzene rings is 1. The summed E-state index contributed by atoms with van der Waals surface area (Å²) in [6.07, 6.45) is 8.58. The second-order valence-electron chi connectivity index (χ2n) is 7.02. The Morgan fingerprint density at radius 1 is 1.22 bits per heavy atom. The van der Waals surface area contributed by atoms with Gasteiger partial charge in [-0.05, 0) is 61.1 Å². The first-order chi connectivity index (χ1) is 11.3. The minimum atomic E-state index is 0.237. The lowest BCUT2D eigenvalue weighted by Gasteiger charge is -2.42. The Hall–Kier alpha value is -1.71. The van der Waals surface area contributed by atoms with Crippen molar-refractivity contribution < 1.29 is 4.74 Å². The van der Waals surface area contributed by atoms with Gasteiger partial charge in [0.05, 0.1) is 6.10 Å². The molecule has 2 heterocycles. The standard InChI is InChI=1S/C20H24N2O/c1-23-19-18-5-3-2-4-16(18)13-20(19)8-11-22-17(14-20)12-15-6-9-21-10-7-15/h2-7,9-10,17,19,22H,8,11-14H2,1H3/t17-,19+,20?/m1/s1. The molecule has 120 valence electrons. The van der Waals surface area contributed by atoms with Crippen LogP contribution < -0.4 is 5.32 Å². The number of nitrogens with one attached hydrogen (secondary N) is 1. The number of aromatic nitrogens is 1. The zero-order chi connectivity index (χ0) is 15.7. The van der Waals surface area contributed by atoms with Gasteiger partial charge in [0.2, 0.25) is 0 Å². The third-order valence-electron chi connectivity index (χ3n) is 5.61. The lowest BCUT2D eigenvalue weighted by molar-refractivity contribution is -0.0290. The number of piperidine rings is 1. The van der Waals surface area contributed by atoms with Crippen LogP contribution in [0.2, 0.25) is 0 Å². The van der Waals surface area contributed by atoms with Crippen LogP contribution in [0.5, 0.6) is 0 Å². The maximum absolute atomic E-state index is 5.99. The average molecular weight is 308 g/mol. The van der Waals surface area contributed by atoms with Crippen LogP contribution in [0, 0.1) is 5.41 Å². The summed E-state index contributed by atoms with van der Waals surface area (Å²) in [6, 6.07) is 13.6. The normalized spacial score (nSPS) is 29.6. The van der Waals surface area contributed by atoms with Crippen LogP contribution in [-0.2, 0) is 17.6 Å². The van der Waals surface area contributed by atoms with Crippen molar-refractivity contribution in [2.75, 3.05) is 13.7 Å². The molecule has 0 saturated carbocycles. The topological polar surface area (TPSA) is 34.1 Å². The Bertz CT molecular complexity index is 672. The Kier molecular flexibility index (Phi) is 3.92. The molecule has 23 heavy (non-hydrogen) atoms. The molecule has 0 amide bonds. The van der Waals surface area contributed by atoms with Gasteiger partial charge in [0.25, 0.3) is 0 Å². The van der Waals surface area contributed by atoms with Gasteiger partial charge < -0.3 is 10.1 Å². The summed E-state index contributed by atoms with van der Waals surface area (Å²) in [6.45, 7) is 1.07. The van der Waals surface area contributed by atoms with Crippen LogP contribution in [0.25, 0.3) is 0 Å². The highest BCUT2D eigenvalue weighted by molar-refractivity contribution is 5.37. The van der Waals surface area contributed by atoms with Crippen molar-refractivity contribution in [3.63, 3.8) is 0 Å². The van der Waals surface area contributed by atoms with Crippen molar-refractivity contribution in [3.05, 3.63) is 65.5 Å². The number of methoxy groups -OCH3 is 1. The van der Waals surface area contributed by atoms with Crippen LogP contribution in [0.4, 0.5) is 0 Å². The fourth-order valence-corrected chi connectivity index (χ4v) is 4.67. The monoisotopic (exact) mass is 308 g/mol. The molecule has 1 aromatic heterocycles. The second kappa shape index (κ2) is 6.06. The summed E-state index contributed by atoms with van der Waals surface area (Å²) in [5, 5.41) is 3.71. The maximum Gasteiger partial charge on any atom is 0.0884 e. The van der Waals surface area contributed by atoms with E-state index < -0.39 is 0 Å². The van der Waals surface area contributed by atoms with Crippen LogP contribution >= 0.6 is 0 Å². The van der Waals surface area contributed by atoms with E-state index >= 15 is 0 Å². The molecule has 1 N–H and O–H groups in total. The van der Waals surface area contributed by atoms with Crippen molar-refractivity contribution in [2.45, 2.75) is 37.8 Å². The van der Waals surface area contributed by atoms with E-state index in [9.17, 15) is 0 Å². The number of rotatable bonds is 3. The molecule has 3 nitrogen and oxygen atoms in total. The van der Waals surface area contributed by atoms with E-state index in [2.05, 4.69) is 46.7 Å². The number of ether oxygens (including phenoxy) is 1. The largest absolute Gasteiger partial charge is 0.376 e. The Morgan fingerprint density at radius 2 is 2.04 bits per heavy atom. The minimum absolute atomic E-state index is 0.237. The zero-order valence-corrected chi connectivity index (χ0v) is 13.7. The van der Waals surface area contributed by atoms with E-state index in [1.165, 1.54) is 29.5 Å². The fraction of sp³-hybridized carbons (Fsp3) is 0.450. The van der Waals surface area contributed by atoms with Crippen LogP contribution in [0.3, 0.4) is 0 Å². The molecular formula is C20H24N2O. The van der Waals surface area contributed by atoms with E-state index in [-0.39, 0.29) is 11.5 Å². The van der Waals surface area contributed by atoms with Crippen LogP contribution in [-0.4, -0.2) is 24.7 Å². The van der Waals surface area contributed by atoms with Gasteiger partial charge in [-0.1, -0.05) is 24.3 Å². The number of pyridine rings is 1. The molecule has 0 bridgehead atoms. The number of hydrogen-bond acceptors (Lipinski definition) is 3. The van der Waals surface area contributed by atoms with Crippen molar-refractivity contribution >= 4 is 0 Å². The van der Waals surface area contributed by atoms with Gasteiger partial charge in [0.1, 0.15) is 0 Å². The summed E-state index contributed by atoms with van der Waals surface area (Å²) < 4.78 is 5.99. The molecule has 0 radical (unpaired) electrons. The zero-order valence-electron chi connectivity index (χ0n) is 13.7. The van der Waals surface area contributed by atoms with E-state index in [1.807, 2.05) is 19.5 Å². The molecule has 1 fully saturated rings. The first-order valence-electron chi connectivity index (χ1n) is 8.54. The smallest absolute Gasteiger partial charge is 0.0884 e. The quantitative estimate of drug-likeness (QED) is 0.944. The molecule has 1 unspecified atom stereocenters. The third-order valence-corrected chi connectivity index (χ3v) is 5.61. The lowest BCUT2D eigenvalue weighted by atomic mass is 9.71. The number of nitrogens with zero attached hydrogens (tertiary/aromatic N) is 1. The summed E-state index contributed by atoms with van der Waals surface area (Å²) in [5.41, 5.74) is 4.49. The Labute approximate surface area is 138 Å². The molecule has 2 aromatic rings. The van der Waals surface area contributed by atoms with E-state index in [1.54, 1.807) is 0 Å². The molecule has 4 rings (SSSR count). The van der Waals surface area contributed by atoms with Crippen molar-refractivity contribution in [1.82, 2.24) is 10.3 Å². The molecular weight excluding hydrogens is 284 g/mol. The Morgan fingerprint density at radius 3 is 2.87 bits per heavy atom. The van der Waals surface area contributed by atoms with Crippen LogP contribution in [0.15, 0.2) is 48.8 Å². The predicted molar refractivity (Wildman–Crippen MR) is 91.3 cm³/mol. The molecule has 2 aliphatic rings. The first-order valence-corrected chi connectivity index (χ1v) is 8.54. The Balaban J connectivity index is 1.57. The molecule has 1 aromatic carbocycles. The molecule has 3 heteroatoms. The van der Waals surface area contributed by atoms with E-state index in [0.29, 0.717) is 6.04 Å². The highest BCUT2D eigenvalue weighted by atomic mass is 16.5. The maximum atomic E-state index is 5.99. The number of fused-ring (bicyclic) bond motifs is 1. The van der Waals surface area contributed by atoms with E-state index in [0.717, 1.165) is 19.4 Å². The summed E-state index contributed by atoms with van der Waals surface area (Å²) in [4.78, 5) is 4.12. The van der Waals surface area contributed by atoms with Crippen LogP contribution in [0.1, 0.15) is 35.6 Å². The second-order valence-corrected chi connectivity index (χ2v) is 7.02. The average Bonchev–Trinajstić information content (AvgIpc) is 2.88. The summed E-state index contributed by atoms with van der Waals surface area (Å²) in [7, 11) is 1.87. The van der Waals surface area contributed by atoms with Gasteiger partial charge in [-0.3, -0.25) is 4.98 Å². The van der Waals surface area contributed by atoms with Crippen molar-refractivity contribution in [1.29, 1.82) is 0 Å². The summed E-state index contributed by atoms with van der Waals surface area (Å²) in [5.74, 6) is 0. The van der Waals surface area contributed by atoms with Gasteiger partial charge in [0, 0.05) is 31.0 Å². The molecule has 1 saturated heterocycles. The van der Waals surface area contributed by atoms with Gasteiger partial charge in [-0.25, -0.2) is 0 Å². The predicted octanol–water partition coefficient (Wildman–Crippen LogP) is 3.31. The first kappa shape index (κ1) is 14.9. The molecule has 1 aliphatic carbocycles. The van der Waals surface area contributed by atoms with Crippen molar-refractivity contribution in [2.24, 2.45) is 5.41 Å². The van der Waals surface area contributed by atoms with Crippen molar-refractivity contribution in [3.8, 4) is 0 Å². The van der Waals surface area contributed by atoms with Gasteiger partial charge in [-0.2, -0.15) is 0 Å². The SMILES string of the molecule is CO[C@H]1c2ccccc2CC12CCN[C@H](Cc1ccncc1)C2.